The van der Waals surface area contributed by atoms with Crippen LogP contribution in [0, 0.1) is 0 Å². The minimum atomic E-state index is -4.71. The molecule has 0 spiro atoms. The molecule has 0 N–H and O–H groups in total. The molecule has 0 atom stereocenters. The lowest BCUT2D eigenvalue weighted by Crippen LogP contribution is -2.35. The molecular formula is C19H12F3NO4S. The van der Waals surface area contributed by atoms with Gasteiger partial charge in [-0.15, -0.1) is 0 Å². The highest BCUT2D eigenvalue weighted by Gasteiger charge is 2.38. The number of halogens is 3. The SMILES string of the molecule is O=C(CN1c2cccc3cccc(c23)S1(=O)=O)Oc1ccccc1C(F)(F)F. The molecule has 0 saturated heterocycles. The number of hydrogen-bond donors (Lipinski definition) is 0. The number of sulfonamides is 1. The van der Waals surface area contributed by atoms with E-state index in [9.17, 15) is 26.4 Å². The van der Waals surface area contributed by atoms with Crippen molar-refractivity contribution in [1.82, 2.24) is 0 Å². The molecule has 0 radical (unpaired) electrons. The Balaban J connectivity index is 1.66. The Morgan fingerprint density at radius 3 is 2.36 bits per heavy atom. The standard InChI is InChI=1S/C19H12F3NO4S/c20-19(21,22)13-7-1-2-9-15(13)27-17(24)11-23-14-8-3-5-12-6-4-10-16(18(12)14)28(23,25)26/h1-10H,11H2. The number of nitrogens with zero attached hydrogens (tertiary/aromatic N) is 1. The molecule has 9 heteroatoms. The molecule has 1 aliphatic rings. The molecule has 5 nitrogen and oxygen atoms in total. The van der Waals surface area contributed by atoms with Crippen molar-refractivity contribution in [3.8, 4) is 5.75 Å². The van der Waals surface area contributed by atoms with Crippen LogP contribution in [0.25, 0.3) is 10.8 Å². The monoisotopic (exact) mass is 407 g/mol. The summed E-state index contributed by atoms with van der Waals surface area (Å²) in [6.45, 7) is -0.748. The van der Waals surface area contributed by atoms with E-state index in [-0.39, 0.29) is 10.6 Å². The zero-order valence-electron chi connectivity index (χ0n) is 14.1. The number of carbonyl (C=O) groups is 1. The van der Waals surface area contributed by atoms with E-state index < -0.39 is 40.0 Å². The highest BCUT2D eigenvalue weighted by atomic mass is 32.2. The lowest BCUT2D eigenvalue weighted by molar-refractivity contribution is -0.141. The van der Waals surface area contributed by atoms with Gasteiger partial charge in [-0.3, -0.25) is 4.31 Å². The average Bonchev–Trinajstić information content (AvgIpc) is 2.85. The zero-order valence-corrected chi connectivity index (χ0v) is 14.9. The number of alkyl halides is 3. The van der Waals surface area contributed by atoms with E-state index in [1.165, 1.54) is 24.3 Å². The highest BCUT2D eigenvalue weighted by molar-refractivity contribution is 7.93. The van der Waals surface area contributed by atoms with E-state index in [0.29, 0.717) is 10.8 Å². The quantitative estimate of drug-likeness (QED) is 0.487. The maximum Gasteiger partial charge on any atom is 0.419 e. The molecule has 28 heavy (non-hydrogen) atoms. The summed E-state index contributed by atoms with van der Waals surface area (Å²) in [5.74, 6) is -1.79. The minimum Gasteiger partial charge on any atom is -0.425 e. The second-order valence-corrected chi connectivity index (χ2v) is 7.94. The van der Waals surface area contributed by atoms with Crippen molar-refractivity contribution in [1.29, 1.82) is 0 Å². The predicted molar refractivity (Wildman–Crippen MR) is 95.6 cm³/mol. The Bertz CT molecular complexity index is 1200. The third-order valence-corrected chi connectivity index (χ3v) is 6.17. The van der Waals surface area contributed by atoms with E-state index in [4.69, 9.17) is 4.74 Å². The van der Waals surface area contributed by atoms with Crippen LogP contribution in [0.4, 0.5) is 18.9 Å². The molecular weight excluding hydrogens is 395 g/mol. The van der Waals surface area contributed by atoms with Gasteiger partial charge in [0.25, 0.3) is 10.0 Å². The topological polar surface area (TPSA) is 63.7 Å². The van der Waals surface area contributed by atoms with Gasteiger partial charge in [0, 0.05) is 5.39 Å². The van der Waals surface area contributed by atoms with Gasteiger partial charge in [0.15, 0.2) is 0 Å². The maximum atomic E-state index is 13.1. The lowest BCUT2D eigenvalue weighted by atomic mass is 10.1. The van der Waals surface area contributed by atoms with Crippen molar-refractivity contribution in [2.75, 3.05) is 10.8 Å². The van der Waals surface area contributed by atoms with Crippen LogP contribution in [0.2, 0.25) is 0 Å². The zero-order chi connectivity index (χ0) is 20.1. The van der Waals surface area contributed by atoms with Crippen molar-refractivity contribution < 1.29 is 31.1 Å². The summed E-state index contributed by atoms with van der Waals surface area (Å²) >= 11 is 0. The first-order chi connectivity index (χ1) is 13.2. The summed E-state index contributed by atoms with van der Waals surface area (Å²) in [5.41, 5.74) is -0.827. The Kier molecular flexibility index (Phi) is 4.07. The molecule has 4 rings (SSSR count). The third kappa shape index (κ3) is 2.88. The molecule has 1 heterocycles. The summed E-state index contributed by atoms with van der Waals surface area (Å²) in [4.78, 5) is 12.4. The van der Waals surface area contributed by atoms with Crippen molar-refractivity contribution in [2.45, 2.75) is 11.1 Å². The number of benzene rings is 3. The van der Waals surface area contributed by atoms with Gasteiger partial charge in [-0.25, -0.2) is 13.2 Å². The van der Waals surface area contributed by atoms with Gasteiger partial charge in [-0.1, -0.05) is 36.4 Å². The van der Waals surface area contributed by atoms with Crippen LogP contribution in [0.1, 0.15) is 5.56 Å². The first-order valence-electron chi connectivity index (χ1n) is 8.11. The number of anilines is 1. The van der Waals surface area contributed by atoms with E-state index in [1.807, 2.05) is 0 Å². The summed E-state index contributed by atoms with van der Waals surface area (Å²) in [7, 11) is -4.01. The summed E-state index contributed by atoms with van der Waals surface area (Å²) in [6.07, 6.45) is -4.71. The lowest BCUT2D eigenvalue weighted by Gasteiger charge is -2.18. The summed E-state index contributed by atoms with van der Waals surface area (Å²) < 4.78 is 70.5. The van der Waals surface area contributed by atoms with Crippen LogP contribution in [0.3, 0.4) is 0 Å². The fourth-order valence-corrected chi connectivity index (χ4v) is 4.85. The second kappa shape index (κ2) is 6.23. The fraction of sp³-hybridized carbons (Fsp3) is 0.105. The van der Waals surface area contributed by atoms with Gasteiger partial charge in [-0.2, -0.15) is 13.2 Å². The Labute approximate surface area is 158 Å². The van der Waals surface area contributed by atoms with Gasteiger partial charge >= 0.3 is 12.1 Å². The van der Waals surface area contributed by atoms with Gasteiger partial charge in [0.05, 0.1) is 16.1 Å². The van der Waals surface area contributed by atoms with E-state index in [1.54, 1.807) is 24.3 Å². The molecule has 0 fully saturated rings. The molecule has 3 aromatic carbocycles. The summed E-state index contributed by atoms with van der Waals surface area (Å²) in [5, 5.41) is 1.14. The van der Waals surface area contributed by atoms with Crippen molar-refractivity contribution >= 4 is 32.5 Å². The van der Waals surface area contributed by atoms with Crippen LogP contribution in [-0.4, -0.2) is 20.9 Å². The van der Waals surface area contributed by atoms with Crippen LogP contribution < -0.4 is 9.04 Å². The van der Waals surface area contributed by atoms with Crippen LogP contribution >= 0.6 is 0 Å². The largest absolute Gasteiger partial charge is 0.425 e. The number of hydrogen-bond acceptors (Lipinski definition) is 4. The van der Waals surface area contributed by atoms with Gasteiger partial charge in [-0.05, 0) is 29.7 Å². The molecule has 0 bridgehead atoms. The molecule has 0 amide bonds. The Morgan fingerprint density at radius 2 is 1.64 bits per heavy atom. The molecule has 0 aliphatic carbocycles. The number of esters is 1. The molecule has 3 aromatic rings. The van der Waals surface area contributed by atoms with Gasteiger partial charge in [0.1, 0.15) is 12.3 Å². The maximum absolute atomic E-state index is 13.1. The van der Waals surface area contributed by atoms with Gasteiger partial charge in [0.2, 0.25) is 0 Å². The fourth-order valence-electron chi connectivity index (χ4n) is 3.19. The van der Waals surface area contributed by atoms with Crippen LogP contribution in [-0.2, 0) is 21.0 Å². The number of rotatable bonds is 3. The van der Waals surface area contributed by atoms with Crippen LogP contribution in [0.15, 0.2) is 65.6 Å². The van der Waals surface area contributed by atoms with E-state index in [2.05, 4.69) is 0 Å². The number of ether oxygens (including phenoxy) is 1. The van der Waals surface area contributed by atoms with Crippen molar-refractivity contribution in [3.05, 3.63) is 66.2 Å². The first kappa shape index (κ1) is 18.3. The third-order valence-electron chi connectivity index (χ3n) is 4.37. The van der Waals surface area contributed by atoms with Crippen molar-refractivity contribution in [3.63, 3.8) is 0 Å². The van der Waals surface area contributed by atoms with E-state index >= 15 is 0 Å². The molecule has 0 aromatic heterocycles. The van der Waals surface area contributed by atoms with Crippen molar-refractivity contribution in [2.24, 2.45) is 0 Å². The number of para-hydroxylation sites is 1. The Morgan fingerprint density at radius 1 is 0.964 bits per heavy atom. The summed E-state index contributed by atoms with van der Waals surface area (Å²) in [6, 6.07) is 13.9. The van der Waals surface area contributed by atoms with Gasteiger partial charge < -0.3 is 4.74 Å². The Hall–Kier alpha value is -3.07. The molecule has 0 unspecified atom stereocenters. The molecule has 0 saturated carbocycles. The minimum absolute atomic E-state index is 0.0455. The van der Waals surface area contributed by atoms with E-state index in [0.717, 1.165) is 16.4 Å². The second-order valence-electron chi connectivity index (χ2n) is 6.11. The average molecular weight is 407 g/mol. The highest BCUT2D eigenvalue weighted by Crippen LogP contribution is 2.42. The van der Waals surface area contributed by atoms with Crippen LogP contribution in [0.5, 0.6) is 5.75 Å². The predicted octanol–water partition coefficient (Wildman–Crippen LogP) is 3.97. The molecule has 144 valence electrons. The first-order valence-corrected chi connectivity index (χ1v) is 9.55. The normalized spacial score (nSPS) is 15.0. The number of carbonyl (C=O) groups excluding carboxylic acids is 1. The smallest absolute Gasteiger partial charge is 0.419 e. The molecule has 1 aliphatic heterocycles.